The predicted octanol–water partition coefficient (Wildman–Crippen LogP) is 2.89. The van der Waals surface area contributed by atoms with E-state index < -0.39 is 23.4 Å². The Morgan fingerprint density at radius 2 is 1.67 bits per heavy atom. The smallest absolute Gasteiger partial charge is 0.325 e. The summed E-state index contributed by atoms with van der Waals surface area (Å²) < 4.78 is 10.5. The first-order chi connectivity index (χ1) is 14.4. The first kappa shape index (κ1) is 21.2. The Morgan fingerprint density at radius 1 is 1.03 bits per heavy atom. The van der Waals surface area contributed by atoms with Crippen LogP contribution in [0.4, 0.5) is 10.5 Å². The Labute approximate surface area is 175 Å². The average molecular weight is 411 g/mol. The number of nitrogens with zero attached hydrogens (tertiary/aromatic N) is 1. The van der Waals surface area contributed by atoms with E-state index in [0.717, 1.165) is 4.90 Å². The number of urea groups is 1. The lowest BCUT2D eigenvalue weighted by atomic mass is 9.87. The maximum absolute atomic E-state index is 13.1. The molecule has 2 aromatic carbocycles. The van der Waals surface area contributed by atoms with Crippen LogP contribution in [-0.2, 0) is 15.1 Å². The highest BCUT2D eigenvalue weighted by Crippen LogP contribution is 2.33. The summed E-state index contributed by atoms with van der Waals surface area (Å²) in [6, 6.07) is 13.2. The Bertz CT molecular complexity index is 927. The van der Waals surface area contributed by atoms with Gasteiger partial charge in [0.25, 0.3) is 5.91 Å². The second-order valence-electron chi connectivity index (χ2n) is 6.81. The van der Waals surface area contributed by atoms with E-state index in [4.69, 9.17) is 9.47 Å². The normalized spacial score (nSPS) is 18.2. The van der Waals surface area contributed by atoms with Crippen molar-refractivity contribution in [2.75, 3.05) is 25.6 Å². The fraction of sp³-hybridized carbons (Fsp3) is 0.318. The first-order valence-corrected chi connectivity index (χ1v) is 9.75. The molecule has 0 saturated carbocycles. The van der Waals surface area contributed by atoms with Crippen LogP contribution in [-0.4, -0.2) is 43.0 Å². The van der Waals surface area contributed by atoms with Gasteiger partial charge in [-0.1, -0.05) is 19.1 Å². The Hall–Kier alpha value is -3.55. The van der Waals surface area contributed by atoms with Crippen molar-refractivity contribution in [3.63, 3.8) is 0 Å². The largest absolute Gasteiger partial charge is 0.497 e. The van der Waals surface area contributed by atoms with Gasteiger partial charge in [-0.15, -0.1) is 0 Å². The van der Waals surface area contributed by atoms with Gasteiger partial charge in [0.05, 0.1) is 13.7 Å². The minimum Gasteiger partial charge on any atom is -0.497 e. The number of amides is 4. The molecule has 30 heavy (non-hydrogen) atoms. The number of rotatable bonds is 8. The van der Waals surface area contributed by atoms with E-state index in [0.29, 0.717) is 35.8 Å². The van der Waals surface area contributed by atoms with E-state index in [1.807, 2.05) is 13.8 Å². The topological polar surface area (TPSA) is 97.0 Å². The van der Waals surface area contributed by atoms with Gasteiger partial charge < -0.3 is 20.1 Å². The number of methoxy groups -OCH3 is 1. The summed E-state index contributed by atoms with van der Waals surface area (Å²) in [6.07, 6.45) is 0.348. The maximum Gasteiger partial charge on any atom is 0.325 e. The Balaban J connectivity index is 1.72. The molecule has 3 rings (SSSR count). The molecule has 0 unspecified atom stereocenters. The summed E-state index contributed by atoms with van der Waals surface area (Å²) >= 11 is 0. The molecule has 1 saturated heterocycles. The van der Waals surface area contributed by atoms with Gasteiger partial charge in [-0.25, -0.2) is 4.79 Å². The summed E-state index contributed by atoms with van der Waals surface area (Å²) in [5, 5.41) is 5.46. The molecular formula is C22H25N3O5. The molecule has 0 bridgehead atoms. The fourth-order valence-corrected chi connectivity index (χ4v) is 3.43. The summed E-state index contributed by atoms with van der Waals surface area (Å²) in [4.78, 5) is 39.1. The minimum atomic E-state index is -1.21. The Morgan fingerprint density at radius 3 is 2.23 bits per heavy atom. The molecule has 8 heteroatoms. The van der Waals surface area contributed by atoms with Crippen molar-refractivity contribution in [3.8, 4) is 11.5 Å². The highest BCUT2D eigenvalue weighted by molar-refractivity contribution is 6.10. The van der Waals surface area contributed by atoms with E-state index >= 15 is 0 Å². The lowest BCUT2D eigenvalue weighted by Crippen LogP contribution is -2.44. The van der Waals surface area contributed by atoms with E-state index in [1.165, 1.54) is 0 Å². The molecule has 1 atom stereocenters. The van der Waals surface area contributed by atoms with Crippen molar-refractivity contribution in [2.45, 2.75) is 25.8 Å². The molecule has 2 aromatic rings. The maximum atomic E-state index is 13.1. The lowest BCUT2D eigenvalue weighted by Gasteiger charge is -2.26. The number of benzene rings is 2. The SMILES string of the molecule is CCOc1ccc(NC(=O)CN2C(=O)N[C@@](CC)(c3ccc(OC)cc3)C2=O)cc1. The third-order valence-electron chi connectivity index (χ3n) is 5.04. The van der Waals surface area contributed by atoms with Gasteiger partial charge in [-0.2, -0.15) is 0 Å². The number of ether oxygens (including phenoxy) is 2. The van der Waals surface area contributed by atoms with E-state index in [-0.39, 0.29) is 6.54 Å². The van der Waals surface area contributed by atoms with Crippen LogP contribution < -0.4 is 20.1 Å². The predicted molar refractivity (Wildman–Crippen MR) is 111 cm³/mol. The van der Waals surface area contributed by atoms with Gasteiger partial charge in [0.15, 0.2) is 0 Å². The van der Waals surface area contributed by atoms with Crippen LogP contribution in [0.15, 0.2) is 48.5 Å². The number of nitrogens with one attached hydrogen (secondary N) is 2. The second kappa shape index (κ2) is 8.86. The van der Waals surface area contributed by atoms with Crippen molar-refractivity contribution in [1.29, 1.82) is 0 Å². The number of imide groups is 1. The highest BCUT2D eigenvalue weighted by Gasteiger charge is 2.51. The summed E-state index contributed by atoms with van der Waals surface area (Å²) in [6.45, 7) is 3.86. The summed E-state index contributed by atoms with van der Waals surface area (Å²) in [7, 11) is 1.55. The molecular weight excluding hydrogens is 386 g/mol. The molecule has 1 heterocycles. The molecule has 0 aliphatic carbocycles. The van der Waals surface area contributed by atoms with Crippen LogP contribution in [0.5, 0.6) is 11.5 Å². The van der Waals surface area contributed by atoms with Gasteiger partial charge in [0.2, 0.25) is 5.91 Å². The van der Waals surface area contributed by atoms with Crippen LogP contribution in [0.25, 0.3) is 0 Å². The molecule has 2 N–H and O–H groups in total. The second-order valence-corrected chi connectivity index (χ2v) is 6.81. The van der Waals surface area contributed by atoms with Crippen LogP contribution >= 0.6 is 0 Å². The average Bonchev–Trinajstić information content (AvgIpc) is 3.00. The van der Waals surface area contributed by atoms with Crippen LogP contribution in [0.1, 0.15) is 25.8 Å². The third-order valence-corrected chi connectivity index (χ3v) is 5.04. The van der Waals surface area contributed by atoms with Crippen molar-refractivity contribution in [3.05, 3.63) is 54.1 Å². The quantitative estimate of drug-likeness (QED) is 0.651. The molecule has 1 fully saturated rings. The van der Waals surface area contributed by atoms with Gasteiger partial charge in [0.1, 0.15) is 23.6 Å². The lowest BCUT2D eigenvalue weighted by molar-refractivity contribution is -0.134. The zero-order chi connectivity index (χ0) is 21.7. The zero-order valence-corrected chi connectivity index (χ0v) is 17.2. The van der Waals surface area contributed by atoms with Crippen LogP contribution in [0, 0.1) is 0 Å². The molecule has 158 valence electrons. The molecule has 1 aliphatic heterocycles. The van der Waals surface area contributed by atoms with Crippen molar-refractivity contribution in [2.24, 2.45) is 0 Å². The van der Waals surface area contributed by atoms with Gasteiger partial charge in [-0.05, 0) is 55.3 Å². The standard InChI is InChI=1S/C22H25N3O5/c1-4-22(15-6-10-17(29-3)11-7-15)20(27)25(21(28)24-22)14-19(26)23-16-8-12-18(13-9-16)30-5-2/h6-13H,4-5,14H2,1-3H3,(H,23,26)(H,24,28)/t22-/m0/s1. The number of hydrogen-bond donors (Lipinski definition) is 2. The number of carbonyl (C=O) groups excluding carboxylic acids is 3. The minimum absolute atomic E-state index is 0.348. The third kappa shape index (κ3) is 4.07. The van der Waals surface area contributed by atoms with Crippen LogP contribution in [0.3, 0.4) is 0 Å². The summed E-state index contributed by atoms with van der Waals surface area (Å²) in [5.41, 5.74) is -0.0195. The van der Waals surface area contributed by atoms with Crippen molar-refractivity contribution < 1.29 is 23.9 Å². The van der Waals surface area contributed by atoms with Crippen molar-refractivity contribution >= 4 is 23.5 Å². The number of carbonyl (C=O) groups is 3. The van der Waals surface area contributed by atoms with Gasteiger partial charge in [0, 0.05) is 5.69 Å². The molecule has 0 aromatic heterocycles. The molecule has 1 aliphatic rings. The highest BCUT2D eigenvalue weighted by atomic mass is 16.5. The zero-order valence-electron chi connectivity index (χ0n) is 17.2. The van der Waals surface area contributed by atoms with E-state index in [2.05, 4.69) is 10.6 Å². The van der Waals surface area contributed by atoms with E-state index in [9.17, 15) is 14.4 Å². The van der Waals surface area contributed by atoms with Crippen molar-refractivity contribution in [1.82, 2.24) is 10.2 Å². The molecule has 8 nitrogen and oxygen atoms in total. The van der Waals surface area contributed by atoms with Crippen LogP contribution in [0.2, 0.25) is 0 Å². The Kier molecular flexibility index (Phi) is 6.25. The van der Waals surface area contributed by atoms with E-state index in [1.54, 1.807) is 55.6 Å². The molecule has 0 radical (unpaired) electrons. The molecule has 0 spiro atoms. The number of anilines is 1. The monoisotopic (exact) mass is 411 g/mol. The fourth-order valence-electron chi connectivity index (χ4n) is 3.43. The first-order valence-electron chi connectivity index (χ1n) is 9.75. The van der Waals surface area contributed by atoms with Gasteiger partial charge in [-0.3, -0.25) is 14.5 Å². The van der Waals surface area contributed by atoms with Gasteiger partial charge >= 0.3 is 6.03 Å². The summed E-state index contributed by atoms with van der Waals surface area (Å²) in [5.74, 6) is 0.413. The number of hydrogen-bond acceptors (Lipinski definition) is 5. The molecule has 4 amide bonds.